The number of aromatic amines is 1. The molecule has 166 valence electrons. The average molecular weight is 441 g/mol. The van der Waals surface area contributed by atoms with E-state index in [0.29, 0.717) is 12.2 Å². The van der Waals surface area contributed by atoms with E-state index in [1.54, 1.807) is 29.2 Å². The Balaban J connectivity index is 1.47. The van der Waals surface area contributed by atoms with Gasteiger partial charge in [-0.3, -0.25) is 9.59 Å². The highest BCUT2D eigenvalue weighted by Crippen LogP contribution is 2.42. The second-order valence-corrected chi connectivity index (χ2v) is 8.53. The topological polar surface area (TPSA) is 78.8 Å². The zero-order valence-electron chi connectivity index (χ0n) is 18.2. The molecule has 7 nitrogen and oxygen atoms in total. The van der Waals surface area contributed by atoms with Gasteiger partial charge >= 0.3 is 0 Å². The number of carbonyl (C=O) groups excluding carboxylic acids is 2. The van der Waals surface area contributed by atoms with E-state index >= 15 is 0 Å². The first kappa shape index (κ1) is 19.7. The fourth-order valence-corrected chi connectivity index (χ4v) is 5.18. The van der Waals surface area contributed by atoms with Gasteiger partial charge in [-0.15, -0.1) is 0 Å². The van der Waals surface area contributed by atoms with Crippen LogP contribution in [0.25, 0.3) is 10.9 Å². The maximum absolute atomic E-state index is 13.6. The smallest absolute Gasteiger partial charge is 0.246 e. The van der Waals surface area contributed by atoms with Crippen molar-refractivity contribution in [2.75, 3.05) is 13.7 Å². The van der Waals surface area contributed by atoms with Crippen LogP contribution in [0.1, 0.15) is 28.6 Å². The number of hydrogen-bond acceptors (Lipinski definition) is 4. The highest BCUT2D eigenvalue weighted by Gasteiger charge is 2.48. The highest BCUT2D eigenvalue weighted by molar-refractivity contribution is 5.97. The summed E-state index contributed by atoms with van der Waals surface area (Å²) in [6, 6.07) is 18.5. The third kappa shape index (κ3) is 3.11. The van der Waals surface area contributed by atoms with E-state index in [1.807, 2.05) is 48.5 Å². The molecule has 4 heterocycles. The standard InChI is InChI=1S/C26H23N3O4/c1-32-17-10-8-16(9-11-17)25-24-20(19-6-2-3-7-21(19)27-24)13-22-26(31)28(15-23(30)29(22)25)14-18-5-4-12-33-18/h2-12,22,25,27H,13-15H2,1H3/t22-,25+/m0/s1. The van der Waals surface area contributed by atoms with Crippen molar-refractivity contribution in [3.63, 3.8) is 0 Å². The Bertz CT molecular complexity index is 1340. The number of piperazine rings is 1. The number of nitrogens with zero attached hydrogens (tertiary/aromatic N) is 2. The molecule has 0 bridgehead atoms. The summed E-state index contributed by atoms with van der Waals surface area (Å²) in [7, 11) is 1.63. The number of rotatable bonds is 4. The molecule has 2 aromatic heterocycles. The Labute approximate surface area is 190 Å². The fraction of sp³-hybridized carbons (Fsp3) is 0.231. The normalized spacial score (nSPS) is 20.2. The molecule has 2 aliphatic heterocycles. The summed E-state index contributed by atoms with van der Waals surface area (Å²) in [5.74, 6) is 1.28. The first-order valence-electron chi connectivity index (χ1n) is 11.0. The van der Waals surface area contributed by atoms with E-state index in [9.17, 15) is 9.59 Å². The minimum Gasteiger partial charge on any atom is -0.497 e. The van der Waals surface area contributed by atoms with Gasteiger partial charge in [0.05, 0.1) is 26.0 Å². The van der Waals surface area contributed by atoms with Crippen LogP contribution < -0.4 is 4.74 Å². The molecule has 4 aromatic rings. The van der Waals surface area contributed by atoms with Gasteiger partial charge in [0, 0.05) is 23.0 Å². The zero-order chi connectivity index (χ0) is 22.5. The van der Waals surface area contributed by atoms with Crippen LogP contribution in [0.15, 0.2) is 71.3 Å². The Morgan fingerprint density at radius 2 is 1.88 bits per heavy atom. The summed E-state index contributed by atoms with van der Waals surface area (Å²) in [6.07, 6.45) is 2.06. The van der Waals surface area contributed by atoms with Crippen molar-refractivity contribution in [3.05, 3.63) is 89.5 Å². The SMILES string of the molecule is COc1ccc([C@@H]2c3[nH]c4ccccc4c3C[C@H]3C(=O)N(Cc4ccco4)CC(=O)N23)cc1. The van der Waals surface area contributed by atoms with Crippen LogP contribution >= 0.6 is 0 Å². The van der Waals surface area contributed by atoms with Crippen LogP contribution in [-0.4, -0.2) is 46.3 Å². The predicted molar refractivity (Wildman–Crippen MR) is 122 cm³/mol. The molecule has 0 radical (unpaired) electrons. The first-order valence-corrected chi connectivity index (χ1v) is 11.0. The largest absolute Gasteiger partial charge is 0.497 e. The molecule has 33 heavy (non-hydrogen) atoms. The zero-order valence-corrected chi connectivity index (χ0v) is 18.2. The van der Waals surface area contributed by atoms with Crippen LogP contribution in [0, 0.1) is 0 Å². The molecule has 2 amide bonds. The molecule has 0 unspecified atom stereocenters. The van der Waals surface area contributed by atoms with Gasteiger partial charge in [0.15, 0.2) is 0 Å². The van der Waals surface area contributed by atoms with Gasteiger partial charge in [-0.2, -0.15) is 0 Å². The number of hydrogen-bond donors (Lipinski definition) is 1. The molecular formula is C26H23N3O4. The van der Waals surface area contributed by atoms with Gasteiger partial charge in [-0.1, -0.05) is 30.3 Å². The second kappa shape index (κ2) is 7.55. The lowest BCUT2D eigenvalue weighted by atomic mass is 9.86. The molecule has 1 fully saturated rings. The fourth-order valence-electron chi connectivity index (χ4n) is 5.18. The number of aromatic nitrogens is 1. The van der Waals surface area contributed by atoms with Crippen molar-refractivity contribution >= 4 is 22.7 Å². The average Bonchev–Trinajstić information content (AvgIpc) is 3.49. The van der Waals surface area contributed by atoms with Crippen LogP contribution in [0.3, 0.4) is 0 Å². The molecule has 0 aliphatic carbocycles. The lowest BCUT2D eigenvalue weighted by molar-refractivity contribution is -0.159. The molecular weight excluding hydrogens is 418 g/mol. The molecule has 2 aromatic carbocycles. The Morgan fingerprint density at radius 3 is 2.64 bits per heavy atom. The molecule has 2 atom stereocenters. The number of methoxy groups -OCH3 is 1. The van der Waals surface area contributed by atoms with E-state index in [4.69, 9.17) is 9.15 Å². The number of benzene rings is 2. The number of fused-ring (bicyclic) bond motifs is 4. The summed E-state index contributed by atoms with van der Waals surface area (Å²) >= 11 is 0. The molecule has 6 rings (SSSR count). The number of para-hydroxylation sites is 1. The van der Waals surface area contributed by atoms with E-state index < -0.39 is 6.04 Å². The van der Waals surface area contributed by atoms with Crippen molar-refractivity contribution in [1.29, 1.82) is 0 Å². The Kier molecular flexibility index (Phi) is 4.50. The predicted octanol–water partition coefficient (Wildman–Crippen LogP) is 3.65. The molecule has 1 N–H and O–H groups in total. The molecule has 0 spiro atoms. The Hall–Kier alpha value is -4.00. The molecule has 0 saturated carbocycles. The van der Waals surface area contributed by atoms with Gasteiger partial charge in [-0.05, 0) is 41.5 Å². The lowest BCUT2D eigenvalue weighted by Crippen LogP contribution is -2.62. The van der Waals surface area contributed by atoms with Crippen LogP contribution in [0.4, 0.5) is 0 Å². The summed E-state index contributed by atoms with van der Waals surface area (Å²) in [6.45, 7) is 0.314. The maximum atomic E-state index is 13.6. The van der Waals surface area contributed by atoms with Crippen molar-refractivity contribution in [1.82, 2.24) is 14.8 Å². The van der Waals surface area contributed by atoms with Gasteiger partial charge in [0.2, 0.25) is 11.8 Å². The third-order valence-electron chi connectivity index (χ3n) is 6.70. The molecule has 1 saturated heterocycles. The van der Waals surface area contributed by atoms with Gasteiger partial charge in [-0.25, -0.2) is 0 Å². The van der Waals surface area contributed by atoms with Crippen molar-refractivity contribution < 1.29 is 18.7 Å². The van der Waals surface area contributed by atoms with E-state index in [2.05, 4.69) is 11.1 Å². The van der Waals surface area contributed by atoms with E-state index in [-0.39, 0.29) is 30.9 Å². The second-order valence-electron chi connectivity index (χ2n) is 8.53. The number of amides is 2. The number of ether oxygens (including phenoxy) is 1. The minimum atomic E-state index is -0.569. The number of nitrogens with one attached hydrogen (secondary N) is 1. The number of furan rings is 1. The Morgan fingerprint density at radius 1 is 1.06 bits per heavy atom. The first-order chi connectivity index (χ1) is 16.1. The summed E-state index contributed by atoms with van der Waals surface area (Å²) < 4.78 is 10.8. The van der Waals surface area contributed by atoms with Gasteiger partial charge < -0.3 is 23.9 Å². The maximum Gasteiger partial charge on any atom is 0.246 e. The lowest BCUT2D eigenvalue weighted by Gasteiger charge is -2.47. The summed E-state index contributed by atoms with van der Waals surface area (Å²) in [5.41, 5.74) is 4.01. The van der Waals surface area contributed by atoms with Gasteiger partial charge in [0.1, 0.15) is 24.1 Å². The van der Waals surface area contributed by atoms with E-state index in [1.165, 1.54) is 0 Å². The van der Waals surface area contributed by atoms with Crippen LogP contribution in [0.2, 0.25) is 0 Å². The van der Waals surface area contributed by atoms with E-state index in [0.717, 1.165) is 33.5 Å². The molecule has 2 aliphatic rings. The third-order valence-corrected chi connectivity index (χ3v) is 6.70. The monoisotopic (exact) mass is 441 g/mol. The van der Waals surface area contributed by atoms with Crippen LogP contribution in [0.5, 0.6) is 5.75 Å². The molecule has 7 heteroatoms. The van der Waals surface area contributed by atoms with Crippen molar-refractivity contribution in [3.8, 4) is 5.75 Å². The van der Waals surface area contributed by atoms with Gasteiger partial charge in [0.25, 0.3) is 0 Å². The quantitative estimate of drug-likeness (QED) is 0.524. The van der Waals surface area contributed by atoms with Crippen molar-refractivity contribution in [2.24, 2.45) is 0 Å². The van der Waals surface area contributed by atoms with Crippen molar-refractivity contribution in [2.45, 2.75) is 25.0 Å². The highest BCUT2D eigenvalue weighted by atomic mass is 16.5. The van der Waals surface area contributed by atoms with Crippen LogP contribution in [-0.2, 0) is 22.6 Å². The number of carbonyl (C=O) groups is 2. The summed E-state index contributed by atoms with van der Waals surface area (Å²) in [5, 5.41) is 1.09. The summed E-state index contributed by atoms with van der Waals surface area (Å²) in [4.78, 5) is 34.1. The number of H-pyrrole nitrogens is 1. The minimum absolute atomic E-state index is 0.0260.